The Kier molecular flexibility index (Phi) is 2.31. The third-order valence-corrected chi connectivity index (χ3v) is 3.98. The summed E-state index contributed by atoms with van der Waals surface area (Å²) < 4.78 is 0. The Labute approximate surface area is 100 Å². The van der Waals surface area contributed by atoms with E-state index in [0.29, 0.717) is 0 Å². The Morgan fingerprint density at radius 1 is 1.18 bits per heavy atom. The zero-order valence-electron chi connectivity index (χ0n) is 9.90. The van der Waals surface area contributed by atoms with Gasteiger partial charge in [-0.05, 0) is 36.8 Å². The number of amides is 3. The van der Waals surface area contributed by atoms with E-state index in [1.165, 1.54) is 24.0 Å². The van der Waals surface area contributed by atoms with Crippen LogP contribution in [-0.4, -0.2) is 29.9 Å². The van der Waals surface area contributed by atoms with E-state index in [1.54, 1.807) is 11.9 Å². The van der Waals surface area contributed by atoms with Crippen molar-refractivity contribution in [1.82, 2.24) is 10.2 Å². The molecule has 0 aromatic rings. The van der Waals surface area contributed by atoms with Crippen molar-refractivity contribution in [3.8, 4) is 0 Å². The molecule has 90 valence electrons. The molecular formula is C13H16N2O2. The monoisotopic (exact) mass is 232 g/mol. The molecule has 3 rings (SSSR count). The second kappa shape index (κ2) is 3.72. The van der Waals surface area contributed by atoms with E-state index in [0.717, 1.165) is 12.8 Å². The molecule has 1 saturated carbocycles. The third-order valence-electron chi connectivity index (χ3n) is 3.98. The lowest BCUT2D eigenvalue weighted by molar-refractivity contribution is -0.125. The van der Waals surface area contributed by atoms with Gasteiger partial charge in [0.05, 0.1) is 12.0 Å². The summed E-state index contributed by atoms with van der Waals surface area (Å²) in [4.78, 5) is 25.0. The standard InChI is InChI=1S/C13H16N2O2/c1-15-11-7-9-5-3-2-4-8(9)6-10(11)12(16)14-13(15)17/h6-7,10-11H,2-5H2,1H3,(H,14,16,17)/t10-,11+/m1/s1. The Morgan fingerprint density at radius 2 is 1.82 bits per heavy atom. The van der Waals surface area contributed by atoms with Gasteiger partial charge in [0.25, 0.3) is 0 Å². The molecule has 4 heteroatoms. The molecule has 4 nitrogen and oxygen atoms in total. The average Bonchev–Trinajstić information content (AvgIpc) is 2.34. The van der Waals surface area contributed by atoms with Gasteiger partial charge in [0.2, 0.25) is 5.91 Å². The van der Waals surface area contributed by atoms with E-state index in [2.05, 4.69) is 17.5 Å². The summed E-state index contributed by atoms with van der Waals surface area (Å²) in [6.07, 6.45) is 8.76. The highest BCUT2D eigenvalue weighted by Crippen LogP contribution is 2.36. The van der Waals surface area contributed by atoms with Crippen molar-refractivity contribution in [2.75, 3.05) is 7.05 Å². The number of hydrogen-bond donors (Lipinski definition) is 1. The molecule has 0 spiro atoms. The zero-order chi connectivity index (χ0) is 12.0. The van der Waals surface area contributed by atoms with Crippen LogP contribution in [0.5, 0.6) is 0 Å². The van der Waals surface area contributed by atoms with Crippen LogP contribution < -0.4 is 5.32 Å². The van der Waals surface area contributed by atoms with E-state index in [1.807, 2.05) is 0 Å². The maximum atomic E-state index is 11.8. The lowest BCUT2D eigenvalue weighted by Crippen LogP contribution is -2.58. The van der Waals surface area contributed by atoms with E-state index in [9.17, 15) is 9.59 Å². The Bertz CT molecular complexity index is 450. The molecule has 2 atom stereocenters. The van der Waals surface area contributed by atoms with Crippen LogP contribution in [-0.2, 0) is 4.79 Å². The maximum absolute atomic E-state index is 11.8. The molecule has 1 aliphatic heterocycles. The Hall–Kier alpha value is -1.58. The highest BCUT2D eigenvalue weighted by atomic mass is 16.2. The predicted octanol–water partition coefficient (Wildman–Crippen LogP) is 1.59. The van der Waals surface area contributed by atoms with Crippen molar-refractivity contribution < 1.29 is 9.59 Å². The number of allylic oxidation sites excluding steroid dienone is 2. The average molecular weight is 232 g/mol. The maximum Gasteiger partial charge on any atom is 0.324 e. The Morgan fingerprint density at radius 3 is 2.53 bits per heavy atom. The molecule has 0 bridgehead atoms. The number of rotatable bonds is 0. The van der Waals surface area contributed by atoms with Gasteiger partial charge in [-0.15, -0.1) is 0 Å². The smallest absolute Gasteiger partial charge is 0.320 e. The summed E-state index contributed by atoms with van der Waals surface area (Å²) >= 11 is 0. The van der Waals surface area contributed by atoms with Gasteiger partial charge in [-0.3, -0.25) is 10.1 Å². The largest absolute Gasteiger partial charge is 0.324 e. The first kappa shape index (κ1) is 10.6. The van der Waals surface area contributed by atoms with Crippen LogP contribution in [0.25, 0.3) is 0 Å². The molecule has 0 aromatic heterocycles. The summed E-state index contributed by atoms with van der Waals surface area (Å²) in [5.74, 6) is -0.360. The van der Waals surface area contributed by atoms with Gasteiger partial charge in [-0.1, -0.05) is 12.2 Å². The van der Waals surface area contributed by atoms with Crippen molar-refractivity contribution in [2.24, 2.45) is 5.92 Å². The van der Waals surface area contributed by atoms with E-state index in [-0.39, 0.29) is 23.9 Å². The molecule has 0 radical (unpaired) electrons. The fourth-order valence-corrected chi connectivity index (χ4v) is 2.95. The van der Waals surface area contributed by atoms with Gasteiger partial charge >= 0.3 is 6.03 Å². The first-order valence-electron chi connectivity index (χ1n) is 6.16. The number of urea groups is 1. The normalized spacial score (nSPS) is 32.2. The highest BCUT2D eigenvalue weighted by Gasteiger charge is 2.39. The molecule has 3 amide bonds. The summed E-state index contributed by atoms with van der Waals surface area (Å²) in [6.45, 7) is 0. The second-order valence-corrected chi connectivity index (χ2v) is 5.01. The van der Waals surface area contributed by atoms with Crippen molar-refractivity contribution in [3.63, 3.8) is 0 Å². The summed E-state index contributed by atoms with van der Waals surface area (Å²) in [5, 5.41) is 2.40. The van der Waals surface area contributed by atoms with Gasteiger partial charge in [0, 0.05) is 7.05 Å². The third kappa shape index (κ3) is 1.59. The van der Waals surface area contributed by atoms with E-state index in [4.69, 9.17) is 0 Å². The van der Waals surface area contributed by atoms with Gasteiger partial charge in [0.1, 0.15) is 0 Å². The van der Waals surface area contributed by atoms with Crippen LogP contribution in [0.2, 0.25) is 0 Å². The molecule has 17 heavy (non-hydrogen) atoms. The van der Waals surface area contributed by atoms with Crippen LogP contribution in [0.15, 0.2) is 23.3 Å². The number of imide groups is 1. The number of nitrogens with zero attached hydrogens (tertiary/aromatic N) is 1. The van der Waals surface area contributed by atoms with E-state index >= 15 is 0 Å². The lowest BCUT2D eigenvalue weighted by atomic mass is 9.78. The molecule has 1 saturated heterocycles. The zero-order valence-corrected chi connectivity index (χ0v) is 9.90. The summed E-state index contributed by atoms with van der Waals surface area (Å²) in [7, 11) is 1.75. The van der Waals surface area contributed by atoms with Crippen LogP contribution >= 0.6 is 0 Å². The number of carbonyl (C=O) groups excluding carboxylic acids is 2. The summed E-state index contributed by atoms with van der Waals surface area (Å²) in [6, 6.07) is -0.381. The topological polar surface area (TPSA) is 49.4 Å². The molecule has 3 aliphatic rings. The van der Waals surface area contributed by atoms with Gasteiger partial charge in [0.15, 0.2) is 0 Å². The minimum atomic E-state index is -0.291. The minimum absolute atomic E-state index is 0.0897. The fourth-order valence-electron chi connectivity index (χ4n) is 2.95. The van der Waals surface area contributed by atoms with Gasteiger partial charge in [-0.2, -0.15) is 0 Å². The van der Waals surface area contributed by atoms with E-state index < -0.39 is 0 Å². The SMILES string of the molecule is CN1C(=O)NC(=O)[C@@H]2C=C3CCCCC3=C[C@@H]21. The minimum Gasteiger partial charge on any atom is -0.320 e. The van der Waals surface area contributed by atoms with Crippen molar-refractivity contribution >= 4 is 11.9 Å². The van der Waals surface area contributed by atoms with Crippen LogP contribution in [0.3, 0.4) is 0 Å². The van der Waals surface area contributed by atoms with Crippen molar-refractivity contribution in [1.29, 1.82) is 0 Å². The lowest BCUT2D eigenvalue weighted by Gasteiger charge is -2.39. The van der Waals surface area contributed by atoms with Gasteiger partial charge in [-0.25, -0.2) is 4.79 Å². The first-order chi connectivity index (χ1) is 8.16. The van der Waals surface area contributed by atoms with Crippen molar-refractivity contribution in [3.05, 3.63) is 23.3 Å². The molecule has 1 N–H and O–H groups in total. The second-order valence-electron chi connectivity index (χ2n) is 5.01. The number of likely N-dealkylation sites (N-methyl/N-ethyl adjacent to an activating group) is 1. The van der Waals surface area contributed by atoms with Gasteiger partial charge < -0.3 is 4.90 Å². The fraction of sp³-hybridized carbons (Fsp3) is 0.538. The molecule has 1 heterocycles. The van der Waals surface area contributed by atoms with Crippen molar-refractivity contribution in [2.45, 2.75) is 31.7 Å². The van der Waals surface area contributed by atoms with Crippen LogP contribution in [0, 0.1) is 5.92 Å². The number of carbonyl (C=O) groups is 2. The highest BCUT2D eigenvalue weighted by molar-refractivity contribution is 6.00. The quantitative estimate of drug-likeness (QED) is 0.689. The molecule has 0 unspecified atom stereocenters. The Balaban J connectivity index is 1.97. The summed E-state index contributed by atoms with van der Waals surface area (Å²) in [5.41, 5.74) is 2.65. The molecule has 2 fully saturated rings. The van der Waals surface area contributed by atoms with Crippen LogP contribution in [0.1, 0.15) is 25.7 Å². The molecular weight excluding hydrogens is 216 g/mol. The molecule has 0 aromatic carbocycles. The van der Waals surface area contributed by atoms with Crippen LogP contribution in [0.4, 0.5) is 4.79 Å². The molecule has 2 aliphatic carbocycles. The first-order valence-corrected chi connectivity index (χ1v) is 6.16. The number of nitrogens with one attached hydrogen (secondary N) is 1. The predicted molar refractivity (Wildman–Crippen MR) is 63.2 cm³/mol. The number of hydrogen-bond acceptors (Lipinski definition) is 2. The number of fused-ring (bicyclic) bond motifs is 2.